The standard InChI is InChI=1S/C19H22N2O2.ClH/c1-14(16-12-20-13-16)19(22)21-11-15-6-5-9-18(10-15)23-17-7-3-2-4-8-17;/h2-10,14,16,20H,11-13H2,1H3,(H,21,22);1H. The fourth-order valence-electron chi connectivity index (χ4n) is 2.57. The van der Waals surface area contributed by atoms with Gasteiger partial charge in [0.1, 0.15) is 11.5 Å². The Labute approximate surface area is 149 Å². The quantitative estimate of drug-likeness (QED) is 0.843. The summed E-state index contributed by atoms with van der Waals surface area (Å²) in [7, 11) is 0. The van der Waals surface area contributed by atoms with E-state index in [0.717, 1.165) is 30.2 Å². The van der Waals surface area contributed by atoms with E-state index in [2.05, 4.69) is 10.6 Å². The summed E-state index contributed by atoms with van der Waals surface area (Å²) in [6.07, 6.45) is 0. The van der Waals surface area contributed by atoms with E-state index >= 15 is 0 Å². The van der Waals surface area contributed by atoms with Crippen LogP contribution in [0.3, 0.4) is 0 Å². The van der Waals surface area contributed by atoms with Crippen LogP contribution in [0.1, 0.15) is 12.5 Å². The van der Waals surface area contributed by atoms with Crippen molar-refractivity contribution >= 4 is 18.3 Å². The van der Waals surface area contributed by atoms with Gasteiger partial charge in [-0.1, -0.05) is 37.3 Å². The van der Waals surface area contributed by atoms with E-state index in [1.165, 1.54) is 0 Å². The number of para-hydroxylation sites is 1. The Hall–Kier alpha value is -2.04. The zero-order valence-electron chi connectivity index (χ0n) is 13.7. The maximum Gasteiger partial charge on any atom is 0.223 e. The molecular formula is C19H23ClN2O2. The lowest BCUT2D eigenvalue weighted by molar-refractivity contribution is -0.126. The number of nitrogens with one attached hydrogen (secondary N) is 2. The fraction of sp³-hybridized carbons (Fsp3) is 0.316. The first-order valence-corrected chi connectivity index (χ1v) is 8.02. The molecule has 1 fully saturated rings. The number of amides is 1. The van der Waals surface area contributed by atoms with Crippen LogP contribution in [0.2, 0.25) is 0 Å². The van der Waals surface area contributed by atoms with Crippen molar-refractivity contribution in [2.75, 3.05) is 13.1 Å². The van der Waals surface area contributed by atoms with Crippen LogP contribution in [-0.4, -0.2) is 19.0 Å². The third-order valence-corrected chi connectivity index (χ3v) is 4.28. The van der Waals surface area contributed by atoms with E-state index in [0.29, 0.717) is 12.5 Å². The van der Waals surface area contributed by atoms with Gasteiger partial charge in [0.15, 0.2) is 0 Å². The number of ether oxygens (including phenoxy) is 1. The Morgan fingerprint density at radius 2 is 1.88 bits per heavy atom. The molecule has 0 radical (unpaired) electrons. The van der Waals surface area contributed by atoms with Gasteiger partial charge in [-0.3, -0.25) is 4.79 Å². The molecule has 2 aromatic carbocycles. The van der Waals surface area contributed by atoms with Crippen molar-refractivity contribution in [1.29, 1.82) is 0 Å². The first-order chi connectivity index (χ1) is 11.2. The summed E-state index contributed by atoms with van der Waals surface area (Å²) >= 11 is 0. The SMILES string of the molecule is CC(C(=O)NCc1cccc(Oc2ccccc2)c1)C1CNC1.Cl. The van der Waals surface area contributed by atoms with Crippen LogP contribution in [0.4, 0.5) is 0 Å². The van der Waals surface area contributed by atoms with Gasteiger partial charge in [-0.2, -0.15) is 0 Å². The number of carbonyl (C=O) groups is 1. The highest BCUT2D eigenvalue weighted by Gasteiger charge is 2.28. The maximum absolute atomic E-state index is 12.2. The third-order valence-electron chi connectivity index (χ3n) is 4.28. The second-order valence-corrected chi connectivity index (χ2v) is 5.99. The molecule has 0 aromatic heterocycles. The number of hydrogen-bond donors (Lipinski definition) is 2. The normalized spacial score (nSPS) is 14.9. The number of benzene rings is 2. The van der Waals surface area contributed by atoms with Gasteiger partial charge in [0.2, 0.25) is 5.91 Å². The first kappa shape index (κ1) is 18.3. The van der Waals surface area contributed by atoms with Crippen LogP contribution in [0.5, 0.6) is 11.5 Å². The Balaban J connectivity index is 0.00000208. The van der Waals surface area contributed by atoms with E-state index in [1.54, 1.807) is 0 Å². The molecular weight excluding hydrogens is 324 g/mol. The molecule has 1 unspecified atom stereocenters. The molecule has 1 aliphatic heterocycles. The van der Waals surface area contributed by atoms with E-state index in [1.807, 2.05) is 61.5 Å². The largest absolute Gasteiger partial charge is 0.457 e. The molecule has 0 saturated carbocycles. The molecule has 3 rings (SSSR count). The van der Waals surface area contributed by atoms with Crippen molar-refractivity contribution in [2.45, 2.75) is 13.5 Å². The summed E-state index contributed by atoms with van der Waals surface area (Å²) in [5.41, 5.74) is 1.03. The zero-order valence-corrected chi connectivity index (χ0v) is 14.5. The summed E-state index contributed by atoms with van der Waals surface area (Å²) in [5, 5.41) is 6.22. The monoisotopic (exact) mass is 346 g/mol. The van der Waals surface area contributed by atoms with Gasteiger partial charge in [0.25, 0.3) is 0 Å². The molecule has 0 spiro atoms. The molecule has 24 heavy (non-hydrogen) atoms. The van der Waals surface area contributed by atoms with Gasteiger partial charge in [0.05, 0.1) is 0 Å². The minimum absolute atomic E-state index is 0. The van der Waals surface area contributed by atoms with Gasteiger partial charge in [-0.05, 0) is 48.8 Å². The smallest absolute Gasteiger partial charge is 0.223 e. The van der Waals surface area contributed by atoms with Crippen LogP contribution in [-0.2, 0) is 11.3 Å². The molecule has 4 nitrogen and oxygen atoms in total. The average molecular weight is 347 g/mol. The summed E-state index contributed by atoms with van der Waals surface area (Å²) in [6, 6.07) is 17.5. The van der Waals surface area contributed by atoms with Crippen molar-refractivity contribution in [3.8, 4) is 11.5 Å². The zero-order chi connectivity index (χ0) is 16.1. The summed E-state index contributed by atoms with van der Waals surface area (Å²) in [6.45, 7) is 4.40. The van der Waals surface area contributed by atoms with E-state index < -0.39 is 0 Å². The number of rotatable bonds is 6. The molecule has 1 aliphatic rings. The fourth-order valence-corrected chi connectivity index (χ4v) is 2.57. The second-order valence-electron chi connectivity index (χ2n) is 5.99. The summed E-state index contributed by atoms with van der Waals surface area (Å²) in [4.78, 5) is 12.2. The predicted molar refractivity (Wildman–Crippen MR) is 97.6 cm³/mol. The number of halogens is 1. The topological polar surface area (TPSA) is 50.4 Å². The van der Waals surface area contributed by atoms with Crippen molar-refractivity contribution in [1.82, 2.24) is 10.6 Å². The second kappa shape index (κ2) is 8.71. The highest BCUT2D eigenvalue weighted by molar-refractivity contribution is 5.85. The van der Waals surface area contributed by atoms with Crippen LogP contribution in [0.25, 0.3) is 0 Å². The van der Waals surface area contributed by atoms with Crippen molar-refractivity contribution in [3.05, 3.63) is 60.2 Å². The first-order valence-electron chi connectivity index (χ1n) is 8.02. The van der Waals surface area contributed by atoms with Crippen LogP contribution in [0, 0.1) is 11.8 Å². The van der Waals surface area contributed by atoms with Gasteiger partial charge in [-0.25, -0.2) is 0 Å². The molecule has 5 heteroatoms. The number of carbonyl (C=O) groups excluding carboxylic acids is 1. The lowest BCUT2D eigenvalue weighted by Crippen LogP contribution is -2.49. The molecule has 1 heterocycles. The lowest BCUT2D eigenvalue weighted by Gasteiger charge is -2.31. The predicted octanol–water partition coefficient (Wildman–Crippen LogP) is 3.37. The van der Waals surface area contributed by atoms with Crippen LogP contribution < -0.4 is 15.4 Å². The Morgan fingerprint density at radius 1 is 1.17 bits per heavy atom. The van der Waals surface area contributed by atoms with Gasteiger partial charge in [0, 0.05) is 12.5 Å². The summed E-state index contributed by atoms with van der Waals surface area (Å²) < 4.78 is 5.82. The van der Waals surface area contributed by atoms with Gasteiger partial charge in [-0.15, -0.1) is 12.4 Å². The Morgan fingerprint density at radius 3 is 2.54 bits per heavy atom. The number of hydrogen-bond acceptors (Lipinski definition) is 3. The molecule has 1 saturated heterocycles. The molecule has 0 bridgehead atoms. The molecule has 0 aliphatic carbocycles. The van der Waals surface area contributed by atoms with Gasteiger partial charge >= 0.3 is 0 Å². The van der Waals surface area contributed by atoms with Crippen molar-refractivity contribution < 1.29 is 9.53 Å². The minimum Gasteiger partial charge on any atom is -0.457 e. The van der Waals surface area contributed by atoms with Crippen molar-refractivity contribution in [2.24, 2.45) is 11.8 Å². The Bertz CT molecular complexity index is 659. The highest BCUT2D eigenvalue weighted by atomic mass is 35.5. The molecule has 2 aromatic rings. The highest BCUT2D eigenvalue weighted by Crippen LogP contribution is 2.22. The molecule has 1 atom stereocenters. The van der Waals surface area contributed by atoms with Gasteiger partial charge < -0.3 is 15.4 Å². The van der Waals surface area contributed by atoms with E-state index in [9.17, 15) is 4.79 Å². The van der Waals surface area contributed by atoms with Crippen LogP contribution in [0.15, 0.2) is 54.6 Å². The molecule has 2 N–H and O–H groups in total. The van der Waals surface area contributed by atoms with E-state index in [-0.39, 0.29) is 24.2 Å². The minimum atomic E-state index is 0. The Kier molecular flexibility index (Phi) is 6.64. The maximum atomic E-state index is 12.2. The molecule has 1 amide bonds. The van der Waals surface area contributed by atoms with E-state index in [4.69, 9.17) is 4.74 Å². The third kappa shape index (κ3) is 4.73. The summed E-state index contributed by atoms with van der Waals surface area (Å²) in [5.74, 6) is 2.22. The molecule has 128 valence electrons. The van der Waals surface area contributed by atoms with Crippen molar-refractivity contribution in [3.63, 3.8) is 0 Å². The van der Waals surface area contributed by atoms with Crippen LogP contribution >= 0.6 is 12.4 Å². The lowest BCUT2D eigenvalue weighted by atomic mass is 9.88. The average Bonchev–Trinajstić information content (AvgIpc) is 2.52.